The first-order chi connectivity index (χ1) is 7.31. The molecule has 82 valence electrons. The number of nitrogens with zero attached hydrogens (tertiary/aromatic N) is 2. The van der Waals surface area contributed by atoms with Crippen LogP contribution < -0.4 is 0 Å². The van der Waals surface area contributed by atoms with Gasteiger partial charge in [-0.25, -0.2) is 0 Å². The monoisotopic (exact) mass is 206 g/mol. The molecule has 1 heterocycles. The van der Waals surface area contributed by atoms with Gasteiger partial charge in [0.2, 0.25) is 0 Å². The van der Waals surface area contributed by atoms with E-state index in [0.29, 0.717) is 11.6 Å². The second kappa shape index (κ2) is 4.60. The van der Waals surface area contributed by atoms with Crippen molar-refractivity contribution in [2.24, 2.45) is 7.05 Å². The van der Waals surface area contributed by atoms with Crippen LogP contribution in [0.3, 0.4) is 0 Å². The van der Waals surface area contributed by atoms with Gasteiger partial charge in [0.25, 0.3) is 0 Å². The predicted octanol–water partition coefficient (Wildman–Crippen LogP) is 2.67. The minimum atomic E-state index is 0.557. The molecule has 1 aliphatic rings. The van der Waals surface area contributed by atoms with Crippen LogP contribution in [-0.2, 0) is 7.05 Å². The molecular weight excluding hydrogens is 188 g/mol. The van der Waals surface area contributed by atoms with Gasteiger partial charge in [0.1, 0.15) is 5.69 Å². The quantitative estimate of drug-likeness (QED) is 0.551. The molecule has 3 heteroatoms. The normalized spacial score (nSPS) is 18.7. The molecule has 3 nitrogen and oxygen atoms in total. The first kappa shape index (κ1) is 10.4. The maximum absolute atomic E-state index is 10.9. The van der Waals surface area contributed by atoms with Gasteiger partial charge >= 0.3 is 0 Å². The lowest BCUT2D eigenvalue weighted by Crippen LogP contribution is -1.99. The molecule has 15 heavy (non-hydrogen) atoms. The SMILES string of the molecule is Cn1cc(C2CCCCCC2)c(C=O)n1. The molecule has 2 rings (SSSR count). The maximum atomic E-state index is 10.9. The topological polar surface area (TPSA) is 34.9 Å². The summed E-state index contributed by atoms with van der Waals surface area (Å²) in [6, 6.07) is 0. The average molecular weight is 206 g/mol. The predicted molar refractivity (Wildman–Crippen MR) is 59.0 cm³/mol. The van der Waals surface area contributed by atoms with Crippen LogP contribution >= 0.6 is 0 Å². The summed E-state index contributed by atoms with van der Waals surface area (Å²) in [5.41, 5.74) is 1.80. The Bertz CT molecular complexity index is 335. The summed E-state index contributed by atoms with van der Waals surface area (Å²) in [5.74, 6) is 0.557. The average Bonchev–Trinajstić information content (AvgIpc) is 2.47. The van der Waals surface area contributed by atoms with E-state index in [4.69, 9.17) is 0 Å². The minimum Gasteiger partial charge on any atom is -0.296 e. The minimum absolute atomic E-state index is 0.557. The van der Waals surface area contributed by atoms with Crippen molar-refractivity contribution in [1.82, 2.24) is 9.78 Å². The van der Waals surface area contributed by atoms with Crippen molar-refractivity contribution in [2.45, 2.75) is 44.4 Å². The second-order valence-electron chi connectivity index (χ2n) is 4.45. The van der Waals surface area contributed by atoms with Crippen molar-refractivity contribution < 1.29 is 4.79 Å². The molecule has 1 aliphatic carbocycles. The molecular formula is C12H18N2O. The van der Waals surface area contributed by atoms with Gasteiger partial charge in [0.15, 0.2) is 6.29 Å². The van der Waals surface area contributed by atoms with Gasteiger partial charge in [-0.3, -0.25) is 9.48 Å². The van der Waals surface area contributed by atoms with E-state index < -0.39 is 0 Å². The summed E-state index contributed by atoms with van der Waals surface area (Å²) < 4.78 is 1.75. The molecule has 0 bridgehead atoms. The number of rotatable bonds is 2. The highest BCUT2D eigenvalue weighted by Gasteiger charge is 2.19. The molecule has 1 saturated carbocycles. The van der Waals surface area contributed by atoms with Crippen LogP contribution in [0.15, 0.2) is 6.20 Å². The van der Waals surface area contributed by atoms with Crippen LogP contribution in [0, 0.1) is 0 Å². The van der Waals surface area contributed by atoms with Crippen molar-refractivity contribution in [3.63, 3.8) is 0 Å². The lowest BCUT2D eigenvalue weighted by molar-refractivity contribution is 0.111. The summed E-state index contributed by atoms with van der Waals surface area (Å²) in [7, 11) is 1.88. The summed E-state index contributed by atoms with van der Waals surface area (Å²) in [6.07, 6.45) is 10.6. The Balaban J connectivity index is 2.22. The molecule has 0 saturated heterocycles. The fraction of sp³-hybridized carbons (Fsp3) is 0.667. The van der Waals surface area contributed by atoms with Crippen molar-refractivity contribution in [3.05, 3.63) is 17.5 Å². The van der Waals surface area contributed by atoms with Gasteiger partial charge in [0, 0.05) is 18.8 Å². The molecule has 1 aromatic rings. The molecule has 0 aliphatic heterocycles. The molecule has 0 atom stereocenters. The number of hydrogen-bond donors (Lipinski definition) is 0. The molecule has 0 aromatic carbocycles. The zero-order valence-electron chi connectivity index (χ0n) is 9.28. The summed E-state index contributed by atoms with van der Waals surface area (Å²) in [5, 5.41) is 4.18. The zero-order valence-corrected chi connectivity index (χ0v) is 9.28. The Kier molecular flexibility index (Phi) is 3.19. The van der Waals surface area contributed by atoms with E-state index >= 15 is 0 Å². The summed E-state index contributed by atoms with van der Waals surface area (Å²) in [6.45, 7) is 0. The molecule has 0 radical (unpaired) electrons. The molecule has 0 spiro atoms. The third-order valence-electron chi connectivity index (χ3n) is 3.29. The van der Waals surface area contributed by atoms with Crippen LogP contribution in [0.25, 0.3) is 0 Å². The third-order valence-corrected chi connectivity index (χ3v) is 3.29. The van der Waals surface area contributed by atoms with Crippen molar-refractivity contribution in [2.75, 3.05) is 0 Å². The van der Waals surface area contributed by atoms with Crippen LogP contribution in [0.5, 0.6) is 0 Å². The zero-order chi connectivity index (χ0) is 10.7. The van der Waals surface area contributed by atoms with E-state index in [1.807, 2.05) is 13.2 Å². The number of aromatic nitrogens is 2. The standard InChI is InChI=1S/C12H18N2O/c1-14-8-11(12(9-15)13-14)10-6-4-2-3-5-7-10/h8-10H,2-7H2,1H3. The van der Waals surface area contributed by atoms with E-state index in [1.165, 1.54) is 38.5 Å². The van der Waals surface area contributed by atoms with Gasteiger partial charge in [-0.1, -0.05) is 25.7 Å². The summed E-state index contributed by atoms with van der Waals surface area (Å²) >= 11 is 0. The Hall–Kier alpha value is -1.12. The van der Waals surface area contributed by atoms with Gasteiger partial charge < -0.3 is 0 Å². The highest BCUT2D eigenvalue weighted by Crippen LogP contribution is 2.32. The van der Waals surface area contributed by atoms with Gasteiger partial charge in [0.05, 0.1) is 0 Å². The first-order valence-electron chi connectivity index (χ1n) is 5.80. The van der Waals surface area contributed by atoms with Gasteiger partial charge in [-0.05, 0) is 18.8 Å². The van der Waals surface area contributed by atoms with E-state index in [2.05, 4.69) is 5.10 Å². The van der Waals surface area contributed by atoms with Gasteiger partial charge in [-0.15, -0.1) is 0 Å². The van der Waals surface area contributed by atoms with E-state index in [9.17, 15) is 4.79 Å². The highest BCUT2D eigenvalue weighted by molar-refractivity contribution is 5.74. The Morgan fingerprint density at radius 2 is 2.00 bits per heavy atom. The molecule has 0 amide bonds. The van der Waals surface area contributed by atoms with E-state index in [1.54, 1.807) is 4.68 Å². The maximum Gasteiger partial charge on any atom is 0.170 e. The highest BCUT2D eigenvalue weighted by atomic mass is 16.1. The lowest BCUT2D eigenvalue weighted by Gasteiger charge is -2.11. The fourth-order valence-electron chi connectivity index (χ4n) is 2.52. The molecule has 0 unspecified atom stereocenters. The Labute approximate surface area is 90.5 Å². The smallest absolute Gasteiger partial charge is 0.170 e. The third kappa shape index (κ3) is 2.28. The van der Waals surface area contributed by atoms with Crippen LogP contribution in [0.1, 0.15) is 60.5 Å². The number of aldehydes is 1. The number of hydrogen-bond acceptors (Lipinski definition) is 2. The van der Waals surface area contributed by atoms with Gasteiger partial charge in [-0.2, -0.15) is 5.10 Å². The van der Waals surface area contributed by atoms with Crippen molar-refractivity contribution in [3.8, 4) is 0 Å². The lowest BCUT2D eigenvalue weighted by atomic mass is 9.92. The first-order valence-corrected chi connectivity index (χ1v) is 5.80. The summed E-state index contributed by atoms with van der Waals surface area (Å²) in [4.78, 5) is 10.9. The van der Waals surface area contributed by atoms with Crippen LogP contribution in [-0.4, -0.2) is 16.1 Å². The van der Waals surface area contributed by atoms with Crippen molar-refractivity contribution in [1.29, 1.82) is 0 Å². The van der Waals surface area contributed by atoms with E-state index in [-0.39, 0.29) is 0 Å². The number of carbonyl (C=O) groups is 1. The second-order valence-corrected chi connectivity index (χ2v) is 4.45. The molecule has 1 aromatic heterocycles. The Morgan fingerprint density at radius 1 is 1.33 bits per heavy atom. The molecule has 0 N–H and O–H groups in total. The fourth-order valence-corrected chi connectivity index (χ4v) is 2.52. The van der Waals surface area contributed by atoms with E-state index in [0.717, 1.165) is 11.8 Å². The largest absolute Gasteiger partial charge is 0.296 e. The molecule has 1 fully saturated rings. The Morgan fingerprint density at radius 3 is 2.60 bits per heavy atom. The van der Waals surface area contributed by atoms with Crippen LogP contribution in [0.4, 0.5) is 0 Å². The van der Waals surface area contributed by atoms with Crippen LogP contribution in [0.2, 0.25) is 0 Å². The number of aryl methyl sites for hydroxylation is 1. The van der Waals surface area contributed by atoms with Crippen molar-refractivity contribution >= 4 is 6.29 Å². The number of carbonyl (C=O) groups excluding carboxylic acids is 1.